The molecule has 24 heavy (non-hydrogen) atoms. The van der Waals surface area contributed by atoms with Gasteiger partial charge in [-0.15, -0.1) is 0 Å². The van der Waals surface area contributed by atoms with Crippen LogP contribution >= 0.6 is 0 Å². The molecule has 5 atom stereocenters. The van der Waals surface area contributed by atoms with Gasteiger partial charge in [-0.2, -0.15) is 27.1 Å². The molecule has 1 unspecified atom stereocenters. The SMILES string of the molecule is O[C@H]1c2c(C(F)(F)F)nn(C3CC[C@H](F)[C@H](F)C3)c2[C@@H](F)C1(F)F. The summed E-state index contributed by atoms with van der Waals surface area (Å²) in [4.78, 5) is 0. The van der Waals surface area contributed by atoms with E-state index in [0.717, 1.165) is 0 Å². The van der Waals surface area contributed by atoms with Crippen LogP contribution in [0.3, 0.4) is 0 Å². The zero-order valence-electron chi connectivity index (χ0n) is 11.9. The number of aliphatic hydroxyl groups excluding tert-OH is 1. The molecule has 0 amide bonds. The number of alkyl halides is 8. The smallest absolute Gasteiger partial charge is 0.382 e. The fourth-order valence-electron chi connectivity index (χ4n) is 3.26. The molecule has 0 aliphatic heterocycles. The van der Waals surface area contributed by atoms with E-state index >= 15 is 0 Å². The first-order chi connectivity index (χ1) is 11.0. The van der Waals surface area contributed by atoms with Crippen molar-refractivity contribution in [3.63, 3.8) is 0 Å². The van der Waals surface area contributed by atoms with E-state index in [4.69, 9.17) is 0 Å². The van der Waals surface area contributed by atoms with Crippen molar-refractivity contribution in [2.75, 3.05) is 0 Å². The molecule has 3 rings (SSSR count). The number of fused-ring (bicyclic) bond motifs is 1. The molecule has 1 heterocycles. The summed E-state index contributed by atoms with van der Waals surface area (Å²) in [5, 5.41) is 12.6. The van der Waals surface area contributed by atoms with Crippen molar-refractivity contribution < 1.29 is 40.2 Å². The van der Waals surface area contributed by atoms with Crippen LogP contribution < -0.4 is 0 Å². The maximum absolute atomic E-state index is 14.0. The largest absolute Gasteiger partial charge is 0.435 e. The summed E-state index contributed by atoms with van der Waals surface area (Å²) in [5.74, 6) is -4.46. The third kappa shape index (κ3) is 2.39. The summed E-state index contributed by atoms with van der Waals surface area (Å²) in [6.07, 6.45) is -16.4. The van der Waals surface area contributed by atoms with Crippen LogP contribution in [0.2, 0.25) is 0 Å². The van der Waals surface area contributed by atoms with Gasteiger partial charge in [0, 0.05) is 12.0 Å². The molecule has 11 heteroatoms. The standard InChI is InChI=1S/C13H12F8N2O/c14-5-2-1-4(3-6(5)15)23-8-7(10(22-23)13(19,20)21)11(24)12(17,18)9(8)16/h4-6,9,11,24H,1-3H2/t4?,5-,6+,9+,11-/m0/s1. The monoisotopic (exact) mass is 364 g/mol. The highest BCUT2D eigenvalue weighted by molar-refractivity contribution is 5.40. The maximum Gasteiger partial charge on any atom is 0.435 e. The summed E-state index contributed by atoms with van der Waals surface area (Å²) in [6.45, 7) is 0. The van der Waals surface area contributed by atoms with Gasteiger partial charge in [-0.05, 0) is 12.8 Å². The molecule has 0 aromatic carbocycles. The lowest BCUT2D eigenvalue weighted by atomic mass is 9.92. The third-order valence-electron chi connectivity index (χ3n) is 4.48. The van der Waals surface area contributed by atoms with E-state index in [9.17, 15) is 40.2 Å². The molecule has 136 valence electrons. The topological polar surface area (TPSA) is 38.1 Å². The van der Waals surface area contributed by atoms with Gasteiger partial charge in [-0.25, -0.2) is 13.2 Å². The lowest BCUT2D eigenvalue weighted by Gasteiger charge is -2.29. The lowest BCUT2D eigenvalue weighted by Crippen LogP contribution is -2.32. The van der Waals surface area contributed by atoms with Crippen molar-refractivity contribution in [3.05, 3.63) is 17.0 Å². The number of halogens is 8. The van der Waals surface area contributed by atoms with Crippen molar-refractivity contribution in [1.29, 1.82) is 0 Å². The Labute approximate surface area is 130 Å². The number of rotatable bonds is 1. The fourth-order valence-corrected chi connectivity index (χ4v) is 3.26. The van der Waals surface area contributed by atoms with Gasteiger partial charge < -0.3 is 5.11 Å². The average molecular weight is 364 g/mol. The third-order valence-corrected chi connectivity index (χ3v) is 4.48. The molecular formula is C13H12F8N2O. The fraction of sp³-hybridized carbons (Fsp3) is 0.769. The van der Waals surface area contributed by atoms with Crippen molar-refractivity contribution in [3.8, 4) is 0 Å². The highest BCUT2D eigenvalue weighted by Crippen LogP contribution is 2.56. The minimum atomic E-state index is -5.21. The van der Waals surface area contributed by atoms with Gasteiger partial charge in [-0.1, -0.05) is 0 Å². The van der Waals surface area contributed by atoms with Crippen LogP contribution in [-0.4, -0.2) is 33.2 Å². The van der Waals surface area contributed by atoms with Gasteiger partial charge >= 0.3 is 12.1 Å². The van der Waals surface area contributed by atoms with Gasteiger partial charge in [0.25, 0.3) is 0 Å². The minimum Gasteiger partial charge on any atom is -0.382 e. The quantitative estimate of drug-likeness (QED) is 0.765. The number of hydrogen-bond donors (Lipinski definition) is 1. The Morgan fingerprint density at radius 1 is 1.08 bits per heavy atom. The molecular weight excluding hydrogens is 352 g/mol. The molecule has 0 radical (unpaired) electrons. The molecule has 1 fully saturated rings. The average Bonchev–Trinajstić information content (AvgIpc) is 2.94. The van der Waals surface area contributed by atoms with E-state index in [-0.39, 0.29) is 12.8 Å². The van der Waals surface area contributed by atoms with Gasteiger partial charge in [0.2, 0.25) is 6.17 Å². The second-order valence-electron chi connectivity index (χ2n) is 6.03. The Morgan fingerprint density at radius 2 is 1.71 bits per heavy atom. The molecule has 1 aromatic rings. The predicted molar refractivity (Wildman–Crippen MR) is 63.7 cm³/mol. The van der Waals surface area contributed by atoms with Crippen LogP contribution in [0, 0.1) is 0 Å². The minimum absolute atomic E-state index is 0.179. The van der Waals surface area contributed by atoms with E-state index in [2.05, 4.69) is 5.10 Å². The summed E-state index contributed by atoms with van der Waals surface area (Å²) in [6, 6.07) is -1.20. The van der Waals surface area contributed by atoms with E-state index in [1.807, 2.05) is 0 Å². The maximum atomic E-state index is 14.0. The van der Waals surface area contributed by atoms with E-state index in [1.54, 1.807) is 0 Å². The molecule has 2 aliphatic rings. The first-order valence-electron chi connectivity index (χ1n) is 7.13. The molecule has 2 aliphatic carbocycles. The molecule has 3 nitrogen and oxygen atoms in total. The lowest BCUT2D eigenvalue weighted by molar-refractivity contribution is -0.157. The van der Waals surface area contributed by atoms with E-state index in [0.29, 0.717) is 4.68 Å². The highest BCUT2D eigenvalue weighted by Gasteiger charge is 2.62. The van der Waals surface area contributed by atoms with Crippen LogP contribution in [0.1, 0.15) is 54.5 Å². The summed E-state index contributed by atoms with van der Waals surface area (Å²) < 4.78 is 107. The summed E-state index contributed by atoms with van der Waals surface area (Å²) >= 11 is 0. The molecule has 1 N–H and O–H groups in total. The number of nitrogens with zero attached hydrogens (tertiary/aromatic N) is 2. The Kier molecular flexibility index (Phi) is 3.85. The molecule has 0 bridgehead atoms. The van der Waals surface area contributed by atoms with Crippen molar-refractivity contribution in [2.45, 2.75) is 62.0 Å². The zero-order chi connectivity index (χ0) is 18.0. The number of hydrogen-bond acceptors (Lipinski definition) is 2. The summed E-state index contributed by atoms with van der Waals surface area (Å²) in [5.41, 5.74) is -4.28. The van der Waals surface area contributed by atoms with Crippen LogP contribution in [0.15, 0.2) is 0 Å². The van der Waals surface area contributed by atoms with E-state index < -0.39 is 66.1 Å². The molecule has 0 saturated heterocycles. The Balaban J connectivity index is 2.11. The van der Waals surface area contributed by atoms with Gasteiger partial charge in [0.1, 0.15) is 18.4 Å². The van der Waals surface area contributed by atoms with E-state index in [1.165, 1.54) is 0 Å². The first kappa shape index (κ1) is 17.4. The first-order valence-corrected chi connectivity index (χ1v) is 7.13. The van der Waals surface area contributed by atoms with Crippen molar-refractivity contribution >= 4 is 0 Å². The predicted octanol–water partition coefficient (Wildman–Crippen LogP) is 4.00. The summed E-state index contributed by atoms with van der Waals surface area (Å²) in [7, 11) is 0. The number of aliphatic hydroxyl groups is 1. The molecule has 0 spiro atoms. The van der Waals surface area contributed by atoms with Gasteiger partial charge in [0.05, 0.1) is 11.7 Å². The Bertz CT molecular complexity index is 643. The normalized spacial score (nSPS) is 36.0. The van der Waals surface area contributed by atoms with Crippen molar-refractivity contribution in [1.82, 2.24) is 9.78 Å². The van der Waals surface area contributed by atoms with Crippen molar-refractivity contribution in [2.24, 2.45) is 0 Å². The van der Waals surface area contributed by atoms with Crippen LogP contribution in [0.5, 0.6) is 0 Å². The second kappa shape index (κ2) is 5.30. The second-order valence-corrected chi connectivity index (χ2v) is 6.03. The zero-order valence-corrected chi connectivity index (χ0v) is 11.9. The highest BCUT2D eigenvalue weighted by atomic mass is 19.4. The Morgan fingerprint density at radius 3 is 2.25 bits per heavy atom. The van der Waals surface area contributed by atoms with Crippen LogP contribution in [0.4, 0.5) is 35.1 Å². The van der Waals surface area contributed by atoms with Gasteiger partial charge in [0.15, 0.2) is 5.69 Å². The Hall–Kier alpha value is -1.39. The van der Waals surface area contributed by atoms with Crippen LogP contribution in [-0.2, 0) is 6.18 Å². The van der Waals surface area contributed by atoms with Crippen LogP contribution in [0.25, 0.3) is 0 Å². The number of aromatic nitrogens is 2. The molecule has 1 aromatic heterocycles. The van der Waals surface area contributed by atoms with Gasteiger partial charge in [-0.3, -0.25) is 4.68 Å². The molecule has 1 saturated carbocycles.